The summed E-state index contributed by atoms with van der Waals surface area (Å²) >= 11 is 0. The van der Waals surface area contributed by atoms with E-state index in [0.717, 1.165) is 27.8 Å². The monoisotopic (exact) mass is 224 g/mol. The smallest absolute Gasteiger partial charge is 0.0726 e. The molecule has 0 aliphatic rings. The standard InChI is InChI=1S/C13H12N4/c1-9-7-10-11(8-15-9)12(14)3-4-13(10)17-6-2-5-16-17/h2-8H,14H2,1H3. The second-order valence-corrected chi connectivity index (χ2v) is 4.00. The van der Waals surface area contributed by atoms with Crippen molar-refractivity contribution in [1.82, 2.24) is 14.8 Å². The van der Waals surface area contributed by atoms with Gasteiger partial charge in [0.15, 0.2) is 0 Å². The van der Waals surface area contributed by atoms with Crippen molar-refractivity contribution < 1.29 is 0 Å². The van der Waals surface area contributed by atoms with Gasteiger partial charge in [-0.3, -0.25) is 4.98 Å². The third kappa shape index (κ3) is 1.54. The highest BCUT2D eigenvalue weighted by molar-refractivity contribution is 5.97. The molecule has 0 radical (unpaired) electrons. The van der Waals surface area contributed by atoms with Gasteiger partial charge in [0.05, 0.1) is 5.69 Å². The Labute approximate surface area is 98.7 Å². The van der Waals surface area contributed by atoms with Crippen LogP contribution in [0.2, 0.25) is 0 Å². The zero-order valence-corrected chi connectivity index (χ0v) is 9.46. The number of anilines is 1. The SMILES string of the molecule is Cc1cc2c(-n3cccn3)ccc(N)c2cn1. The summed E-state index contributed by atoms with van der Waals surface area (Å²) in [5, 5.41) is 6.28. The molecule has 0 amide bonds. The fourth-order valence-electron chi connectivity index (χ4n) is 1.96. The van der Waals surface area contributed by atoms with Crippen LogP contribution in [0.5, 0.6) is 0 Å². The van der Waals surface area contributed by atoms with Gasteiger partial charge in [-0.25, -0.2) is 4.68 Å². The zero-order valence-electron chi connectivity index (χ0n) is 9.46. The number of aryl methyl sites for hydroxylation is 1. The molecule has 4 heteroatoms. The number of nitrogens with zero attached hydrogens (tertiary/aromatic N) is 3. The van der Waals surface area contributed by atoms with Gasteiger partial charge in [0.1, 0.15) is 0 Å². The summed E-state index contributed by atoms with van der Waals surface area (Å²) in [4.78, 5) is 4.28. The largest absolute Gasteiger partial charge is 0.398 e. The van der Waals surface area contributed by atoms with E-state index in [1.165, 1.54) is 0 Å². The molecule has 2 heterocycles. The van der Waals surface area contributed by atoms with E-state index in [4.69, 9.17) is 5.73 Å². The van der Waals surface area contributed by atoms with Crippen molar-refractivity contribution in [1.29, 1.82) is 0 Å². The van der Waals surface area contributed by atoms with Gasteiger partial charge < -0.3 is 5.73 Å². The molecule has 17 heavy (non-hydrogen) atoms. The van der Waals surface area contributed by atoms with E-state index < -0.39 is 0 Å². The molecule has 0 aliphatic heterocycles. The zero-order chi connectivity index (χ0) is 11.8. The molecule has 0 unspecified atom stereocenters. The molecule has 84 valence electrons. The second kappa shape index (κ2) is 3.59. The Morgan fingerprint density at radius 2 is 2.12 bits per heavy atom. The van der Waals surface area contributed by atoms with Gasteiger partial charge in [-0.15, -0.1) is 0 Å². The van der Waals surface area contributed by atoms with Crippen molar-refractivity contribution in [2.75, 3.05) is 5.73 Å². The minimum Gasteiger partial charge on any atom is -0.398 e. The van der Waals surface area contributed by atoms with Gasteiger partial charge >= 0.3 is 0 Å². The number of nitrogen functional groups attached to an aromatic ring is 1. The van der Waals surface area contributed by atoms with Crippen LogP contribution in [0, 0.1) is 6.92 Å². The summed E-state index contributed by atoms with van der Waals surface area (Å²) in [5.41, 5.74) is 8.69. The maximum absolute atomic E-state index is 5.96. The summed E-state index contributed by atoms with van der Waals surface area (Å²) < 4.78 is 1.83. The molecular formula is C13H12N4. The van der Waals surface area contributed by atoms with Crippen LogP contribution in [0.25, 0.3) is 16.5 Å². The molecule has 0 spiro atoms. The topological polar surface area (TPSA) is 56.7 Å². The van der Waals surface area contributed by atoms with Crippen LogP contribution in [0.3, 0.4) is 0 Å². The average Bonchev–Trinajstić information content (AvgIpc) is 2.83. The van der Waals surface area contributed by atoms with Crippen LogP contribution in [-0.2, 0) is 0 Å². The van der Waals surface area contributed by atoms with Crippen LogP contribution < -0.4 is 5.73 Å². The first-order chi connectivity index (χ1) is 8.25. The average molecular weight is 224 g/mol. The molecule has 2 aromatic heterocycles. The number of pyridine rings is 1. The lowest BCUT2D eigenvalue weighted by molar-refractivity contribution is 0.887. The predicted octanol–water partition coefficient (Wildman–Crippen LogP) is 2.31. The summed E-state index contributed by atoms with van der Waals surface area (Å²) in [6.07, 6.45) is 5.49. The van der Waals surface area contributed by atoms with Gasteiger partial charge in [-0.2, -0.15) is 5.10 Å². The number of aromatic nitrogens is 3. The van der Waals surface area contributed by atoms with E-state index in [2.05, 4.69) is 10.1 Å². The Morgan fingerprint density at radius 3 is 2.88 bits per heavy atom. The van der Waals surface area contributed by atoms with Gasteiger partial charge in [0, 0.05) is 40.7 Å². The number of benzene rings is 1. The predicted molar refractivity (Wildman–Crippen MR) is 68.0 cm³/mol. The first-order valence-electron chi connectivity index (χ1n) is 5.40. The van der Waals surface area contributed by atoms with Gasteiger partial charge in [0.25, 0.3) is 0 Å². The number of hydrogen-bond donors (Lipinski definition) is 1. The molecular weight excluding hydrogens is 212 g/mol. The van der Waals surface area contributed by atoms with Gasteiger partial charge in [0.2, 0.25) is 0 Å². The van der Waals surface area contributed by atoms with Crippen LogP contribution in [0.4, 0.5) is 5.69 Å². The van der Waals surface area contributed by atoms with Crippen molar-refractivity contribution >= 4 is 16.5 Å². The molecule has 4 nitrogen and oxygen atoms in total. The van der Waals surface area contributed by atoms with Crippen molar-refractivity contribution in [2.24, 2.45) is 0 Å². The highest BCUT2D eigenvalue weighted by atomic mass is 15.3. The Kier molecular flexibility index (Phi) is 2.08. The molecule has 0 saturated carbocycles. The highest BCUT2D eigenvalue weighted by Gasteiger charge is 2.06. The fraction of sp³-hybridized carbons (Fsp3) is 0.0769. The van der Waals surface area contributed by atoms with E-state index >= 15 is 0 Å². The number of fused-ring (bicyclic) bond motifs is 1. The summed E-state index contributed by atoms with van der Waals surface area (Å²) in [6, 6.07) is 7.79. The minimum atomic E-state index is 0.739. The molecule has 0 bridgehead atoms. The van der Waals surface area contributed by atoms with E-state index in [9.17, 15) is 0 Å². The Balaban J connectivity index is 2.40. The van der Waals surface area contributed by atoms with Crippen LogP contribution in [-0.4, -0.2) is 14.8 Å². The Bertz CT molecular complexity index is 671. The van der Waals surface area contributed by atoms with Gasteiger partial charge in [-0.05, 0) is 31.2 Å². The number of hydrogen-bond acceptors (Lipinski definition) is 3. The van der Waals surface area contributed by atoms with Crippen LogP contribution in [0.15, 0.2) is 42.9 Å². The molecule has 0 saturated heterocycles. The lowest BCUT2D eigenvalue weighted by atomic mass is 10.1. The minimum absolute atomic E-state index is 0.739. The first kappa shape index (κ1) is 9.84. The number of rotatable bonds is 1. The summed E-state index contributed by atoms with van der Waals surface area (Å²) in [6.45, 7) is 1.97. The van der Waals surface area contributed by atoms with Crippen LogP contribution in [0.1, 0.15) is 5.69 Å². The normalized spacial score (nSPS) is 10.9. The first-order valence-corrected chi connectivity index (χ1v) is 5.40. The summed E-state index contributed by atoms with van der Waals surface area (Å²) in [7, 11) is 0. The van der Waals surface area contributed by atoms with Crippen LogP contribution >= 0.6 is 0 Å². The number of nitrogens with two attached hydrogens (primary N) is 1. The molecule has 3 rings (SSSR count). The van der Waals surface area contributed by atoms with Crippen molar-refractivity contribution in [3.05, 3.63) is 48.5 Å². The lowest BCUT2D eigenvalue weighted by Gasteiger charge is -2.09. The highest BCUT2D eigenvalue weighted by Crippen LogP contribution is 2.26. The van der Waals surface area contributed by atoms with E-state index in [1.807, 2.05) is 48.3 Å². The third-order valence-corrected chi connectivity index (χ3v) is 2.80. The second-order valence-electron chi connectivity index (χ2n) is 4.00. The Hall–Kier alpha value is -2.36. The maximum Gasteiger partial charge on any atom is 0.0726 e. The lowest BCUT2D eigenvalue weighted by Crippen LogP contribution is -1.98. The van der Waals surface area contributed by atoms with Crippen molar-refractivity contribution in [3.63, 3.8) is 0 Å². The molecule has 0 aliphatic carbocycles. The third-order valence-electron chi connectivity index (χ3n) is 2.80. The van der Waals surface area contributed by atoms with Crippen molar-refractivity contribution in [3.8, 4) is 5.69 Å². The van der Waals surface area contributed by atoms with E-state index in [-0.39, 0.29) is 0 Å². The van der Waals surface area contributed by atoms with Crippen molar-refractivity contribution in [2.45, 2.75) is 6.92 Å². The quantitative estimate of drug-likeness (QED) is 0.645. The maximum atomic E-state index is 5.96. The molecule has 0 fully saturated rings. The Morgan fingerprint density at radius 1 is 1.24 bits per heavy atom. The van der Waals surface area contributed by atoms with E-state index in [1.54, 1.807) is 6.20 Å². The molecule has 0 atom stereocenters. The van der Waals surface area contributed by atoms with E-state index in [0.29, 0.717) is 0 Å². The summed E-state index contributed by atoms with van der Waals surface area (Å²) in [5.74, 6) is 0. The van der Waals surface area contributed by atoms with Gasteiger partial charge in [-0.1, -0.05) is 0 Å². The molecule has 3 aromatic rings. The molecule has 1 aromatic carbocycles. The molecule has 2 N–H and O–H groups in total. The fourth-order valence-corrected chi connectivity index (χ4v) is 1.96.